The summed E-state index contributed by atoms with van der Waals surface area (Å²) in [5.74, 6) is -0.349. The normalized spacial score (nSPS) is 17.7. The van der Waals surface area contributed by atoms with E-state index in [9.17, 15) is 14.7 Å². The number of rotatable bonds is 6. The second-order valence-electron chi connectivity index (χ2n) is 5.02. The molecule has 1 aromatic rings. The molecular weight excluding hydrogens is 366 g/mol. The predicted octanol–water partition coefficient (Wildman–Crippen LogP) is 2.38. The van der Waals surface area contributed by atoms with Crippen LogP contribution in [0.5, 0.6) is 11.5 Å². The summed E-state index contributed by atoms with van der Waals surface area (Å²) >= 11 is 3.29. The van der Waals surface area contributed by atoms with E-state index in [0.29, 0.717) is 28.9 Å². The molecule has 0 spiro atoms. The summed E-state index contributed by atoms with van der Waals surface area (Å²) < 4.78 is 10.6. The number of aliphatic hydroxyl groups is 1. The van der Waals surface area contributed by atoms with Crippen molar-refractivity contribution in [2.75, 3.05) is 26.1 Å². The largest absolute Gasteiger partial charge is 0.503 e. The van der Waals surface area contributed by atoms with Crippen molar-refractivity contribution in [2.24, 2.45) is 0 Å². The lowest BCUT2D eigenvalue weighted by Gasteiger charge is -2.27. The van der Waals surface area contributed by atoms with Gasteiger partial charge in [0, 0.05) is 17.4 Å². The Morgan fingerprint density at radius 3 is 2.57 bits per heavy atom. The van der Waals surface area contributed by atoms with Gasteiger partial charge in [0.05, 0.1) is 25.8 Å². The van der Waals surface area contributed by atoms with Crippen molar-refractivity contribution in [2.45, 2.75) is 13.0 Å². The Labute approximate surface area is 142 Å². The van der Waals surface area contributed by atoms with Crippen LogP contribution in [-0.2, 0) is 9.59 Å². The van der Waals surface area contributed by atoms with E-state index in [1.807, 2.05) is 0 Å². The van der Waals surface area contributed by atoms with E-state index in [4.69, 9.17) is 9.47 Å². The van der Waals surface area contributed by atoms with Gasteiger partial charge in [0.25, 0.3) is 5.91 Å². The van der Waals surface area contributed by atoms with E-state index >= 15 is 0 Å². The first kappa shape index (κ1) is 17.3. The minimum absolute atomic E-state index is 0.0718. The SMILES string of the molecule is COc1ccc(OC)c([C@H]2C(C(C)=O)=C(O)C(=O)N2CCBr)c1. The van der Waals surface area contributed by atoms with Crippen LogP contribution >= 0.6 is 15.9 Å². The number of benzene rings is 1. The highest BCUT2D eigenvalue weighted by Crippen LogP contribution is 2.42. The molecule has 1 aliphatic heterocycles. The third kappa shape index (κ3) is 3.06. The van der Waals surface area contributed by atoms with Crippen LogP contribution in [0.15, 0.2) is 29.5 Å². The molecule has 1 aliphatic rings. The number of nitrogens with zero attached hydrogens (tertiary/aromatic N) is 1. The molecule has 0 saturated carbocycles. The molecule has 2 rings (SSSR count). The number of hydrogen-bond donors (Lipinski definition) is 1. The highest BCUT2D eigenvalue weighted by atomic mass is 79.9. The molecule has 23 heavy (non-hydrogen) atoms. The van der Waals surface area contributed by atoms with Crippen molar-refractivity contribution >= 4 is 27.6 Å². The smallest absolute Gasteiger partial charge is 0.290 e. The summed E-state index contributed by atoms with van der Waals surface area (Å²) in [5, 5.41) is 10.6. The number of amides is 1. The van der Waals surface area contributed by atoms with Gasteiger partial charge >= 0.3 is 0 Å². The van der Waals surface area contributed by atoms with Gasteiger partial charge in [0.1, 0.15) is 11.5 Å². The molecule has 1 atom stereocenters. The Morgan fingerprint density at radius 1 is 1.35 bits per heavy atom. The van der Waals surface area contributed by atoms with E-state index in [2.05, 4.69) is 15.9 Å². The summed E-state index contributed by atoms with van der Waals surface area (Å²) in [4.78, 5) is 25.8. The maximum atomic E-state index is 12.3. The Morgan fingerprint density at radius 2 is 2.04 bits per heavy atom. The monoisotopic (exact) mass is 383 g/mol. The Balaban J connectivity index is 2.65. The second kappa shape index (κ2) is 7.04. The number of halogens is 1. The van der Waals surface area contributed by atoms with Crippen LogP contribution in [0.4, 0.5) is 0 Å². The van der Waals surface area contributed by atoms with Crippen LogP contribution in [-0.4, -0.2) is 47.8 Å². The lowest BCUT2D eigenvalue weighted by atomic mass is 9.95. The second-order valence-corrected chi connectivity index (χ2v) is 5.81. The lowest BCUT2D eigenvalue weighted by molar-refractivity contribution is -0.129. The zero-order valence-corrected chi connectivity index (χ0v) is 14.7. The van der Waals surface area contributed by atoms with Gasteiger partial charge in [-0.05, 0) is 25.1 Å². The van der Waals surface area contributed by atoms with Crippen molar-refractivity contribution in [3.63, 3.8) is 0 Å². The lowest BCUT2D eigenvalue weighted by Crippen LogP contribution is -2.32. The average Bonchev–Trinajstić information content (AvgIpc) is 2.79. The Bertz CT molecular complexity index is 670. The van der Waals surface area contributed by atoms with E-state index < -0.39 is 17.7 Å². The summed E-state index contributed by atoms with van der Waals surface area (Å²) in [7, 11) is 3.04. The van der Waals surface area contributed by atoms with Crippen molar-refractivity contribution in [3.8, 4) is 11.5 Å². The zero-order valence-electron chi connectivity index (χ0n) is 13.1. The third-order valence-electron chi connectivity index (χ3n) is 3.74. The first-order chi connectivity index (χ1) is 11.0. The van der Waals surface area contributed by atoms with Gasteiger partial charge in [0.2, 0.25) is 0 Å². The fraction of sp³-hybridized carbons (Fsp3) is 0.375. The number of aliphatic hydroxyl groups excluding tert-OH is 1. The van der Waals surface area contributed by atoms with Gasteiger partial charge in [-0.25, -0.2) is 0 Å². The standard InChI is InChI=1S/C16H18BrNO5/c1-9(19)13-14(18(7-6-17)16(21)15(13)20)11-8-10(22-2)4-5-12(11)23-3/h4-5,8,14,20H,6-7H2,1-3H3/t14-/m0/s1. The summed E-state index contributed by atoms with van der Waals surface area (Å²) in [6.07, 6.45) is 0. The van der Waals surface area contributed by atoms with Crippen molar-refractivity contribution in [1.82, 2.24) is 4.90 Å². The molecule has 1 amide bonds. The third-order valence-corrected chi connectivity index (χ3v) is 4.09. The Kier molecular flexibility index (Phi) is 5.30. The van der Waals surface area contributed by atoms with Gasteiger partial charge < -0.3 is 19.5 Å². The van der Waals surface area contributed by atoms with Crippen molar-refractivity contribution in [3.05, 3.63) is 35.1 Å². The van der Waals surface area contributed by atoms with Gasteiger partial charge in [-0.15, -0.1) is 0 Å². The molecule has 1 aromatic carbocycles. The molecule has 0 saturated heterocycles. The molecule has 0 aliphatic carbocycles. The number of carbonyl (C=O) groups excluding carboxylic acids is 2. The molecule has 0 fully saturated rings. The molecule has 0 bridgehead atoms. The van der Waals surface area contributed by atoms with Crippen LogP contribution in [0.3, 0.4) is 0 Å². The molecule has 1 heterocycles. The number of alkyl halides is 1. The van der Waals surface area contributed by atoms with Gasteiger partial charge in [-0.2, -0.15) is 0 Å². The molecule has 6 nitrogen and oxygen atoms in total. The number of hydrogen-bond acceptors (Lipinski definition) is 5. The zero-order chi connectivity index (χ0) is 17.1. The average molecular weight is 384 g/mol. The molecule has 0 aromatic heterocycles. The quantitative estimate of drug-likeness (QED) is 0.763. The summed E-state index contributed by atoms with van der Waals surface area (Å²) in [6.45, 7) is 1.67. The summed E-state index contributed by atoms with van der Waals surface area (Å²) in [6, 6.07) is 4.44. The van der Waals surface area contributed by atoms with Crippen LogP contribution in [0.2, 0.25) is 0 Å². The van der Waals surface area contributed by atoms with E-state index in [1.165, 1.54) is 26.0 Å². The van der Waals surface area contributed by atoms with Crippen LogP contribution in [0.25, 0.3) is 0 Å². The number of methoxy groups -OCH3 is 2. The highest BCUT2D eigenvalue weighted by molar-refractivity contribution is 9.09. The fourth-order valence-electron chi connectivity index (χ4n) is 2.71. The molecule has 1 N–H and O–H groups in total. The fourth-order valence-corrected chi connectivity index (χ4v) is 3.09. The van der Waals surface area contributed by atoms with Crippen molar-refractivity contribution in [1.29, 1.82) is 0 Å². The maximum absolute atomic E-state index is 12.3. The maximum Gasteiger partial charge on any atom is 0.290 e. The molecule has 0 radical (unpaired) electrons. The van der Waals surface area contributed by atoms with Crippen LogP contribution in [0.1, 0.15) is 18.5 Å². The predicted molar refractivity (Wildman–Crippen MR) is 88.1 cm³/mol. The van der Waals surface area contributed by atoms with Gasteiger partial charge in [-0.1, -0.05) is 15.9 Å². The minimum Gasteiger partial charge on any atom is -0.503 e. The first-order valence-corrected chi connectivity index (χ1v) is 8.11. The van der Waals surface area contributed by atoms with E-state index in [0.717, 1.165) is 0 Å². The molecule has 0 unspecified atom stereocenters. The van der Waals surface area contributed by atoms with Gasteiger partial charge in [0.15, 0.2) is 11.5 Å². The number of carbonyl (C=O) groups is 2. The van der Waals surface area contributed by atoms with Crippen LogP contribution < -0.4 is 9.47 Å². The molecule has 124 valence electrons. The van der Waals surface area contributed by atoms with Crippen molar-refractivity contribution < 1.29 is 24.2 Å². The molecule has 7 heteroatoms. The van der Waals surface area contributed by atoms with E-state index in [-0.39, 0.29) is 11.4 Å². The highest BCUT2D eigenvalue weighted by Gasteiger charge is 2.43. The summed E-state index contributed by atoms with van der Waals surface area (Å²) in [5.41, 5.74) is 0.665. The number of ketones is 1. The minimum atomic E-state index is -0.706. The first-order valence-electron chi connectivity index (χ1n) is 6.99. The number of Topliss-reactive ketones (excluding diaryl/α,β-unsaturated/α-hetero) is 1. The van der Waals surface area contributed by atoms with E-state index in [1.54, 1.807) is 18.2 Å². The number of ether oxygens (including phenoxy) is 2. The molecular formula is C16H18BrNO5. The topological polar surface area (TPSA) is 76.1 Å². The Hall–Kier alpha value is -2.02. The van der Waals surface area contributed by atoms with Gasteiger partial charge in [-0.3, -0.25) is 9.59 Å². The van der Waals surface area contributed by atoms with Crippen LogP contribution in [0, 0.1) is 0 Å².